The lowest BCUT2D eigenvalue weighted by Crippen LogP contribution is -2.37. The van der Waals surface area contributed by atoms with Gasteiger partial charge in [0.1, 0.15) is 11.5 Å². The molecule has 98 valence electrons. The molecule has 0 spiro atoms. The first-order chi connectivity index (χ1) is 8.58. The van der Waals surface area contributed by atoms with E-state index in [0.717, 1.165) is 5.56 Å². The minimum Gasteiger partial charge on any atom is -0.497 e. The number of benzene rings is 1. The second-order valence-corrected chi connectivity index (χ2v) is 3.55. The van der Waals surface area contributed by atoms with Crippen molar-refractivity contribution in [3.8, 4) is 11.5 Å². The highest BCUT2D eigenvalue weighted by Crippen LogP contribution is 2.23. The van der Waals surface area contributed by atoms with Gasteiger partial charge in [-0.2, -0.15) is 0 Å². The molecule has 0 unspecified atom stereocenters. The number of ether oxygens (including phenoxy) is 2. The number of nitrogens with one attached hydrogen (secondary N) is 1. The predicted octanol–water partition coefficient (Wildman–Crippen LogP) is -0.152. The number of primary amides is 1. The molecule has 2 amide bonds. The Labute approximate surface area is 105 Å². The lowest BCUT2D eigenvalue weighted by Gasteiger charge is -2.10. The lowest BCUT2D eigenvalue weighted by atomic mass is 10.1. The Hall–Kier alpha value is -2.24. The Bertz CT molecular complexity index is 446. The summed E-state index contributed by atoms with van der Waals surface area (Å²) in [4.78, 5) is 21.5. The maximum absolute atomic E-state index is 11.0. The van der Waals surface area contributed by atoms with E-state index in [1.807, 2.05) is 6.07 Å². The van der Waals surface area contributed by atoms with Crippen molar-refractivity contribution in [3.05, 3.63) is 23.8 Å². The molecule has 6 nitrogen and oxygen atoms in total. The molecule has 6 heteroatoms. The highest BCUT2D eigenvalue weighted by atomic mass is 16.5. The molecule has 0 aliphatic rings. The van der Waals surface area contributed by atoms with Crippen LogP contribution in [0.1, 0.15) is 5.56 Å². The van der Waals surface area contributed by atoms with E-state index in [2.05, 4.69) is 5.32 Å². The van der Waals surface area contributed by atoms with Crippen molar-refractivity contribution in [1.82, 2.24) is 5.32 Å². The number of nitrogens with two attached hydrogens (primary N) is 1. The van der Waals surface area contributed by atoms with Gasteiger partial charge in [0.05, 0.1) is 14.2 Å². The molecule has 3 N–H and O–H groups in total. The first-order valence-electron chi connectivity index (χ1n) is 5.37. The van der Waals surface area contributed by atoms with Crippen molar-refractivity contribution in [1.29, 1.82) is 0 Å². The summed E-state index contributed by atoms with van der Waals surface area (Å²) in [6, 6.07) is 5.38. The highest BCUT2D eigenvalue weighted by Gasteiger charge is 2.09. The minimum absolute atomic E-state index is 0.297. The molecule has 0 fully saturated rings. The Morgan fingerprint density at radius 3 is 2.56 bits per heavy atom. The lowest BCUT2D eigenvalue weighted by molar-refractivity contribution is -0.137. The van der Waals surface area contributed by atoms with Crippen LogP contribution in [0.2, 0.25) is 0 Å². The van der Waals surface area contributed by atoms with Gasteiger partial charge in [0, 0.05) is 6.54 Å². The van der Waals surface area contributed by atoms with E-state index in [-0.39, 0.29) is 0 Å². The summed E-state index contributed by atoms with van der Waals surface area (Å²) in [5.41, 5.74) is 5.70. The molecule has 1 rings (SSSR count). The Morgan fingerprint density at radius 2 is 2.00 bits per heavy atom. The third-order valence-corrected chi connectivity index (χ3v) is 2.39. The SMILES string of the molecule is COc1ccc(OC)c(CCNC(=O)C(N)=O)c1. The number of methoxy groups -OCH3 is 2. The summed E-state index contributed by atoms with van der Waals surface area (Å²) in [5, 5.41) is 2.41. The van der Waals surface area contributed by atoms with Crippen molar-refractivity contribution < 1.29 is 19.1 Å². The van der Waals surface area contributed by atoms with Gasteiger partial charge in [-0.1, -0.05) is 0 Å². The largest absolute Gasteiger partial charge is 0.497 e. The Morgan fingerprint density at radius 1 is 1.28 bits per heavy atom. The standard InChI is InChI=1S/C12H16N2O4/c1-17-9-3-4-10(18-2)8(7-9)5-6-14-12(16)11(13)15/h3-4,7H,5-6H2,1-2H3,(H2,13,15)(H,14,16). The molecule has 0 bridgehead atoms. The van der Waals surface area contributed by atoms with Gasteiger partial charge in [0.2, 0.25) is 0 Å². The molecule has 0 radical (unpaired) electrons. The maximum Gasteiger partial charge on any atom is 0.309 e. The third-order valence-electron chi connectivity index (χ3n) is 2.39. The van der Waals surface area contributed by atoms with Gasteiger partial charge >= 0.3 is 11.8 Å². The van der Waals surface area contributed by atoms with Gasteiger partial charge in [-0.25, -0.2) is 0 Å². The zero-order chi connectivity index (χ0) is 13.5. The zero-order valence-electron chi connectivity index (χ0n) is 10.4. The first-order valence-corrected chi connectivity index (χ1v) is 5.37. The minimum atomic E-state index is -0.993. The van der Waals surface area contributed by atoms with Crippen molar-refractivity contribution in [2.45, 2.75) is 6.42 Å². The normalized spacial score (nSPS) is 9.67. The van der Waals surface area contributed by atoms with Crippen LogP contribution in [0.4, 0.5) is 0 Å². The zero-order valence-corrected chi connectivity index (χ0v) is 10.4. The summed E-state index contributed by atoms with van der Waals surface area (Å²) in [6.07, 6.45) is 0.513. The molecule has 0 saturated heterocycles. The number of hydrogen-bond acceptors (Lipinski definition) is 4. The molecule has 1 aromatic carbocycles. The van der Waals surface area contributed by atoms with Crippen LogP contribution in [-0.2, 0) is 16.0 Å². The van der Waals surface area contributed by atoms with Crippen LogP contribution in [0.15, 0.2) is 18.2 Å². The van der Waals surface area contributed by atoms with Crippen LogP contribution in [0.5, 0.6) is 11.5 Å². The number of rotatable bonds is 5. The molecule has 0 atom stereocenters. The second kappa shape index (κ2) is 6.48. The van der Waals surface area contributed by atoms with Gasteiger partial charge in [-0.3, -0.25) is 9.59 Å². The van der Waals surface area contributed by atoms with E-state index in [1.54, 1.807) is 26.4 Å². The van der Waals surface area contributed by atoms with Crippen molar-refractivity contribution in [3.63, 3.8) is 0 Å². The summed E-state index contributed by atoms with van der Waals surface area (Å²) in [6.45, 7) is 0.297. The summed E-state index contributed by atoms with van der Waals surface area (Å²) in [5.74, 6) is -0.388. The average Bonchev–Trinajstić information content (AvgIpc) is 2.38. The van der Waals surface area contributed by atoms with Crippen LogP contribution < -0.4 is 20.5 Å². The molecule has 0 aliphatic carbocycles. The molecule has 0 saturated carbocycles. The fraction of sp³-hybridized carbons (Fsp3) is 0.333. The quantitative estimate of drug-likeness (QED) is 0.713. The van der Waals surface area contributed by atoms with Gasteiger partial charge < -0.3 is 20.5 Å². The van der Waals surface area contributed by atoms with E-state index < -0.39 is 11.8 Å². The van der Waals surface area contributed by atoms with Gasteiger partial charge in [0.15, 0.2) is 0 Å². The topological polar surface area (TPSA) is 90.7 Å². The van der Waals surface area contributed by atoms with Crippen molar-refractivity contribution in [2.24, 2.45) is 5.73 Å². The summed E-state index contributed by atoms with van der Waals surface area (Å²) in [7, 11) is 3.13. The Kier molecular flexibility index (Phi) is 4.98. The molecular weight excluding hydrogens is 236 g/mol. The fourth-order valence-electron chi connectivity index (χ4n) is 1.48. The fourth-order valence-corrected chi connectivity index (χ4v) is 1.48. The third kappa shape index (κ3) is 3.65. The van der Waals surface area contributed by atoms with Gasteiger partial charge in [-0.15, -0.1) is 0 Å². The van der Waals surface area contributed by atoms with E-state index in [0.29, 0.717) is 24.5 Å². The monoisotopic (exact) mass is 252 g/mol. The average molecular weight is 252 g/mol. The molecule has 1 aromatic rings. The molecule has 0 aromatic heterocycles. The van der Waals surface area contributed by atoms with Crippen molar-refractivity contribution in [2.75, 3.05) is 20.8 Å². The first kappa shape index (κ1) is 13.8. The summed E-state index contributed by atoms with van der Waals surface area (Å²) < 4.78 is 10.3. The van der Waals surface area contributed by atoms with Crippen LogP contribution in [0.3, 0.4) is 0 Å². The number of hydrogen-bond donors (Lipinski definition) is 2. The van der Waals surface area contributed by atoms with Crippen LogP contribution in [0.25, 0.3) is 0 Å². The number of carbonyl (C=O) groups is 2. The van der Waals surface area contributed by atoms with Crippen LogP contribution in [0, 0.1) is 0 Å². The van der Waals surface area contributed by atoms with E-state index in [9.17, 15) is 9.59 Å². The second-order valence-electron chi connectivity index (χ2n) is 3.55. The molecule has 0 heterocycles. The predicted molar refractivity (Wildman–Crippen MR) is 65.5 cm³/mol. The smallest absolute Gasteiger partial charge is 0.309 e. The van der Waals surface area contributed by atoms with E-state index in [1.165, 1.54) is 0 Å². The molecular formula is C12H16N2O4. The van der Waals surface area contributed by atoms with Crippen molar-refractivity contribution >= 4 is 11.8 Å². The summed E-state index contributed by atoms with van der Waals surface area (Å²) >= 11 is 0. The van der Waals surface area contributed by atoms with Crippen LogP contribution >= 0.6 is 0 Å². The Balaban J connectivity index is 2.65. The molecule has 18 heavy (non-hydrogen) atoms. The van der Waals surface area contributed by atoms with Gasteiger partial charge in [-0.05, 0) is 30.2 Å². The van der Waals surface area contributed by atoms with Crippen LogP contribution in [-0.4, -0.2) is 32.6 Å². The number of amides is 2. The maximum atomic E-state index is 11.0. The van der Waals surface area contributed by atoms with Gasteiger partial charge in [0.25, 0.3) is 0 Å². The van der Waals surface area contributed by atoms with E-state index >= 15 is 0 Å². The molecule has 0 aliphatic heterocycles. The van der Waals surface area contributed by atoms with E-state index in [4.69, 9.17) is 15.2 Å². The highest BCUT2D eigenvalue weighted by molar-refractivity contribution is 6.34. The number of carbonyl (C=O) groups excluding carboxylic acids is 2.